The largest absolute Gasteiger partial charge is 0.444 e. The molecule has 0 rings (SSSR count). The number of allylic oxidation sites excluding steroid dienone is 6. The van der Waals surface area contributed by atoms with Crippen molar-refractivity contribution in [1.29, 1.82) is 0 Å². The van der Waals surface area contributed by atoms with Gasteiger partial charge in [0, 0.05) is 19.7 Å². The lowest BCUT2D eigenvalue weighted by Gasteiger charge is -2.32. The maximum atomic E-state index is 12.3. The molecule has 0 aliphatic carbocycles. The summed E-state index contributed by atoms with van der Waals surface area (Å²) >= 11 is 0. The Bertz CT molecular complexity index is 491. The topological polar surface area (TPSA) is 75.8 Å². The fourth-order valence-corrected chi connectivity index (χ4v) is 2.37. The fourth-order valence-electron chi connectivity index (χ4n) is 2.37. The number of hydrogen-bond acceptors (Lipinski definition) is 4. The van der Waals surface area contributed by atoms with E-state index in [0.717, 1.165) is 6.42 Å². The van der Waals surface area contributed by atoms with Crippen LogP contribution in [0, 0.1) is 5.41 Å². The maximum absolute atomic E-state index is 12.3. The molecule has 0 aromatic heterocycles. The summed E-state index contributed by atoms with van der Waals surface area (Å²) in [6, 6.07) is 0. The number of rotatable bonds is 9. The number of carbonyl (C=O) groups is 1. The molecule has 0 radical (unpaired) electrons. The third-order valence-corrected chi connectivity index (χ3v) is 4.02. The molecule has 1 atom stereocenters. The molecule has 0 bridgehead atoms. The zero-order chi connectivity index (χ0) is 23.5. The highest BCUT2D eigenvalue weighted by Crippen LogP contribution is 2.30. The van der Waals surface area contributed by atoms with E-state index < -0.39 is 5.60 Å². The van der Waals surface area contributed by atoms with Crippen LogP contribution < -0.4 is 5.73 Å². The number of hydrogen-bond donors (Lipinski definition) is 2. The second-order valence-corrected chi connectivity index (χ2v) is 7.70. The molecule has 172 valence electrons. The third kappa shape index (κ3) is 17.0. The zero-order valence-electron chi connectivity index (χ0n) is 20.7. The van der Waals surface area contributed by atoms with E-state index in [0.29, 0.717) is 19.5 Å². The smallest absolute Gasteiger partial charge is 0.410 e. The highest BCUT2D eigenvalue weighted by molar-refractivity contribution is 5.68. The van der Waals surface area contributed by atoms with Crippen LogP contribution in [0.4, 0.5) is 4.79 Å². The van der Waals surface area contributed by atoms with E-state index in [2.05, 4.69) is 24.8 Å². The summed E-state index contributed by atoms with van der Waals surface area (Å²) in [5.74, 6) is 0. The number of nitrogens with two attached hydrogens (primary N) is 1. The van der Waals surface area contributed by atoms with Crippen molar-refractivity contribution in [3.8, 4) is 0 Å². The molecule has 0 heterocycles. The molecule has 0 saturated heterocycles. The molecule has 3 N–H and O–H groups in total. The van der Waals surface area contributed by atoms with Crippen LogP contribution >= 0.6 is 0 Å². The Labute approximate surface area is 180 Å². The van der Waals surface area contributed by atoms with Gasteiger partial charge in [0.25, 0.3) is 0 Å². The summed E-state index contributed by atoms with van der Waals surface area (Å²) in [5.41, 5.74) is 4.90. The van der Waals surface area contributed by atoms with Crippen LogP contribution in [0.25, 0.3) is 0 Å². The minimum Gasteiger partial charge on any atom is -0.444 e. The van der Waals surface area contributed by atoms with Crippen molar-refractivity contribution in [2.45, 2.75) is 80.8 Å². The standard InChI is InChI=1S/C21H37NO3.C2H6.CH5N/c1-8-11-12-13-18(9-2)16-21(7,17-23)14-15-22(10-3)19(24)25-20(4,5)6;2*1-2/h8-9,11-13,23H,10,14-17H2,1-7H3;1-2H3;2H2,1H3/b11-8-,13-12-,18-9+;;. The first-order valence-corrected chi connectivity index (χ1v) is 10.7. The van der Waals surface area contributed by atoms with Gasteiger partial charge in [-0.1, -0.05) is 56.7 Å². The lowest BCUT2D eigenvalue weighted by Crippen LogP contribution is -2.39. The molecular weight excluding hydrogens is 364 g/mol. The predicted molar refractivity (Wildman–Crippen MR) is 127 cm³/mol. The van der Waals surface area contributed by atoms with Crippen molar-refractivity contribution >= 4 is 6.09 Å². The summed E-state index contributed by atoms with van der Waals surface area (Å²) in [6.45, 7) is 18.8. The van der Waals surface area contributed by atoms with E-state index in [1.165, 1.54) is 12.6 Å². The van der Waals surface area contributed by atoms with Crippen LogP contribution in [0.2, 0.25) is 0 Å². The van der Waals surface area contributed by atoms with E-state index >= 15 is 0 Å². The van der Waals surface area contributed by atoms with Crippen molar-refractivity contribution in [2.75, 3.05) is 26.7 Å². The number of aliphatic hydroxyl groups is 1. The average molecular weight is 413 g/mol. The monoisotopic (exact) mass is 412 g/mol. The Morgan fingerprint density at radius 2 is 1.66 bits per heavy atom. The van der Waals surface area contributed by atoms with Crippen molar-refractivity contribution in [2.24, 2.45) is 11.1 Å². The highest BCUT2D eigenvalue weighted by Gasteiger charge is 2.27. The van der Waals surface area contributed by atoms with Crippen LogP contribution in [0.15, 0.2) is 36.0 Å². The molecule has 1 amide bonds. The van der Waals surface area contributed by atoms with Gasteiger partial charge < -0.3 is 20.5 Å². The third-order valence-electron chi connectivity index (χ3n) is 4.02. The number of carbonyl (C=O) groups excluding carboxylic acids is 1. The number of aliphatic hydroxyl groups excluding tert-OH is 1. The minimum atomic E-state index is -0.500. The molecule has 0 spiro atoms. The van der Waals surface area contributed by atoms with E-state index in [-0.39, 0.29) is 18.1 Å². The van der Waals surface area contributed by atoms with Gasteiger partial charge in [0.05, 0.1) is 0 Å². The van der Waals surface area contributed by atoms with Crippen LogP contribution in [0.3, 0.4) is 0 Å². The van der Waals surface area contributed by atoms with Gasteiger partial charge in [-0.3, -0.25) is 0 Å². The average Bonchev–Trinajstić information content (AvgIpc) is 2.69. The lowest BCUT2D eigenvalue weighted by molar-refractivity contribution is 0.0218. The van der Waals surface area contributed by atoms with Crippen LogP contribution in [0.5, 0.6) is 0 Å². The molecule has 0 saturated carbocycles. The predicted octanol–water partition coefficient (Wildman–Crippen LogP) is 5.70. The number of ether oxygens (including phenoxy) is 1. The number of nitrogens with zero attached hydrogens (tertiary/aromatic N) is 1. The van der Waals surface area contributed by atoms with E-state index in [1.54, 1.807) is 4.90 Å². The molecule has 5 heteroatoms. The molecule has 0 fully saturated rings. The first-order valence-electron chi connectivity index (χ1n) is 10.7. The Morgan fingerprint density at radius 1 is 1.10 bits per heavy atom. The second-order valence-electron chi connectivity index (χ2n) is 7.70. The summed E-state index contributed by atoms with van der Waals surface area (Å²) in [4.78, 5) is 14.0. The zero-order valence-corrected chi connectivity index (χ0v) is 20.7. The molecule has 1 unspecified atom stereocenters. The normalized spacial score (nSPS) is 13.9. The number of amides is 1. The fraction of sp³-hybridized carbons (Fsp3) is 0.708. The molecular formula is C24H48N2O3. The van der Waals surface area contributed by atoms with Crippen molar-refractivity contribution in [3.05, 3.63) is 36.0 Å². The maximum Gasteiger partial charge on any atom is 0.410 e. The summed E-state index contributed by atoms with van der Waals surface area (Å²) in [7, 11) is 1.50. The van der Waals surface area contributed by atoms with Crippen LogP contribution in [0.1, 0.15) is 75.2 Å². The van der Waals surface area contributed by atoms with E-state index in [1.807, 2.05) is 73.6 Å². The van der Waals surface area contributed by atoms with Gasteiger partial charge in [-0.2, -0.15) is 0 Å². The molecule has 5 nitrogen and oxygen atoms in total. The molecule has 0 aromatic carbocycles. The summed E-state index contributed by atoms with van der Waals surface area (Å²) < 4.78 is 5.45. The minimum absolute atomic E-state index is 0.0771. The Morgan fingerprint density at radius 3 is 2.03 bits per heavy atom. The van der Waals surface area contributed by atoms with Gasteiger partial charge in [-0.25, -0.2) is 4.79 Å². The highest BCUT2D eigenvalue weighted by atomic mass is 16.6. The van der Waals surface area contributed by atoms with Crippen LogP contribution in [-0.2, 0) is 4.74 Å². The first kappa shape index (κ1) is 32.1. The quantitative estimate of drug-likeness (QED) is 0.476. The molecule has 0 aliphatic heterocycles. The Balaban J connectivity index is -0.00000158. The van der Waals surface area contributed by atoms with Gasteiger partial charge in [0.1, 0.15) is 5.60 Å². The van der Waals surface area contributed by atoms with Gasteiger partial charge in [-0.05, 0) is 66.8 Å². The molecule has 29 heavy (non-hydrogen) atoms. The SMILES string of the molecule is CC.CN.C\C=C/C=C\C(=C/C)CC(C)(CO)CCN(CC)C(=O)OC(C)(C)C. The van der Waals surface area contributed by atoms with Gasteiger partial charge in [0.15, 0.2) is 0 Å². The van der Waals surface area contributed by atoms with E-state index in [9.17, 15) is 9.90 Å². The molecule has 0 aliphatic rings. The Kier molecular flexibility index (Phi) is 20.4. The summed E-state index contributed by atoms with van der Waals surface area (Å²) in [6.07, 6.45) is 11.3. The summed E-state index contributed by atoms with van der Waals surface area (Å²) in [5, 5.41) is 9.91. The van der Waals surface area contributed by atoms with Gasteiger partial charge in [0.2, 0.25) is 0 Å². The lowest BCUT2D eigenvalue weighted by atomic mass is 9.80. The van der Waals surface area contributed by atoms with Crippen molar-refractivity contribution in [1.82, 2.24) is 4.90 Å². The Hall–Kier alpha value is -1.59. The first-order chi connectivity index (χ1) is 13.6. The second kappa shape index (κ2) is 18.4. The van der Waals surface area contributed by atoms with Gasteiger partial charge in [-0.15, -0.1) is 0 Å². The van der Waals surface area contributed by atoms with Gasteiger partial charge >= 0.3 is 6.09 Å². The molecule has 0 aromatic rings. The van der Waals surface area contributed by atoms with E-state index in [4.69, 9.17) is 4.74 Å². The van der Waals surface area contributed by atoms with Crippen LogP contribution in [-0.4, -0.2) is 48.4 Å². The van der Waals surface area contributed by atoms with Crippen molar-refractivity contribution in [3.63, 3.8) is 0 Å². The van der Waals surface area contributed by atoms with Crippen molar-refractivity contribution < 1.29 is 14.6 Å².